The zero-order chi connectivity index (χ0) is 26.6. The van der Waals surface area contributed by atoms with E-state index < -0.39 is 0 Å². The smallest absolute Gasteiger partial charge is 0.139 e. The molecule has 2 N–H and O–H groups in total. The second kappa shape index (κ2) is 9.81. The Morgan fingerprint density at radius 3 is 2.29 bits per heavy atom. The molecule has 0 heterocycles. The maximum absolute atomic E-state index is 11.6. The average molecular weight is 550 g/mol. The van der Waals surface area contributed by atoms with Gasteiger partial charge in [-0.25, -0.2) is 0 Å². The normalized spacial score (nSPS) is 25.8. The highest BCUT2D eigenvalue weighted by Crippen LogP contribution is 2.62. The summed E-state index contributed by atoms with van der Waals surface area (Å²) in [6.07, 6.45) is 9.56. The molecule has 4 fully saturated rings. The number of phenolic OH excluding ortho intramolecular Hbond substituents is 2. The van der Waals surface area contributed by atoms with Crippen LogP contribution in [0.3, 0.4) is 0 Å². The van der Waals surface area contributed by atoms with Gasteiger partial charge in [0.15, 0.2) is 0 Å². The van der Waals surface area contributed by atoms with Gasteiger partial charge in [-0.3, -0.25) is 4.99 Å². The van der Waals surface area contributed by atoms with Crippen LogP contribution in [-0.4, -0.2) is 23.5 Å². The van der Waals surface area contributed by atoms with Crippen LogP contribution in [0.25, 0.3) is 0 Å². The van der Waals surface area contributed by atoms with Crippen LogP contribution in [0.1, 0.15) is 60.8 Å². The molecule has 0 radical (unpaired) electrons. The lowest BCUT2D eigenvalue weighted by atomic mass is 9.48. The second-order valence-corrected chi connectivity index (χ2v) is 12.8. The molecule has 0 aliphatic heterocycles. The maximum Gasteiger partial charge on any atom is 0.139 e. The van der Waals surface area contributed by atoms with Gasteiger partial charge in [-0.1, -0.05) is 41.4 Å². The fourth-order valence-corrected chi connectivity index (χ4v) is 8.40. The topological polar surface area (TPSA) is 56.1 Å². The Morgan fingerprint density at radius 1 is 0.947 bits per heavy atom. The lowest BCUT2D eigenvalue weighted by Crippen LogP contribution is -2.48. The lowest BCUT2D eigenvalue weighted by Gasteiger charge is -2.57. The van der Waals surface area contributed by atoms with E-state index in [2.05, 4.69) is 13.0 Å². The molecule has 7 rings (SSSR count). The number of halogens is 2. The average Bonchev–Trinajstić information content (AvgIpc) is 2.86. The first kappa shape index (κ1) is 25.6. The van der Waals surface area contributed by atoms with Gasteiger partial charge in [0.25, 0.3) is 0 Å². The minimum absolute atomic E-state index is 0.0331. The molecule has 0 saturated heterocycles. The number of phenols is 2. The van der Waals surface area contributed by atoms with Crippen LogP contribution in [-0.2, 0) is 12.0 Å². The Morgan fingerprint density at radius 2 is 1.61 bits per heavy atom. The van der Waals surface area contributed by atoms with Crippen molar-refractivity contribution in [3.8, 4) is 11.5 Å². The Balaban J connectivity index is 1.30. The molecular formula is C32H34Cl2N2O2. The van der Waals surface area contributed by atoms with Crippen LogP contribution in [0.5, 0.6) is 11.5 Å². The van der Waals surface area contributed by atoms with E-state index in [9.17, 15) is 10.2 Å². The van der Waals surface area contributed by atoms with Crippen molar-refractivity contribution in [3.05, 3.63) is 80.8 Å². The molecule has 4 bridgehead atoms. The number of aliphatic imine (C=N–C) groups is 1. The summed E-state index contributed by atoms with van der Waals surface area (Å²) in [7, 11) is 1.94. The van der Waals surface area contributed by atoms with Gasteiger partial charge in [0.1, 0.15) is 11.5 Å². The number of benzene rings is 3. The highest BCUT2D eigenvalue weighted by Gasteiger charge is 2.52. The van der Waals surface area contributed by atoms with Crippen molar-refractivity contribution in [2.75, 3.05) is 11.9 Å². The molecule has 3 aromatic carbocycles. The molecule has 0 atom stereocenters. The number of nitrogens with zero attached hydrogens (tertiary/aromatic N) is 2. The number of anilines is 1. The summed E-state index contributed by atoms with van der Waals surface area (Å²) in [5, 5.41) is 22.7. The van der Waals surface area contributed by atoms with Crippen LogP contribution in [0.15, 0.2) is 53.5 Å². The number of hydrogen-bond acceptors (Lipinski definition) is 4. The van der Waals surface area contributed by atoms with Gasteiger partial charge in [0, 0.05) is 41.5 Å². The van der Waals surface area contributed by atoms with Crippen molar-refractivity contribution >= 4 is 40.8 Å². The van der Waals surface area contributed by atoms with Gasteiger partial charge in [-0.05, 0) is 105 Å². The number of rotatable bonds is 6. The Hall–Kier alpha value is -2.69. The molecule has 0 spiro atoms. The fourth-order valence-electron chi connectivity index (χ4n) is 7.87. The van der Waals surface area contributed by atoms with E-state index in [-0.39, 0.29) is 16.2 Å². The maximum atomic E-state index is 11.6. The van der Waals surface area contributed by atoms with Crippen LogP contribution < -0.4 is 4.90 Å². The number of hydrogen-bond donors (Lipinski definition) is 2. The highest BCUT2D eigenvalue weighted by molar-refractivity contribution is 6.35. The molecule has 0 aromatic heterocycles. The van der Waals surface area contributed by atoms with Crippen molar-refractivity contribution < 1.29 is 10.2 Å². The largest absolute Gasteiger partial charge is 0.507 e. The fraction of sp³-hybridized carbons (Fsp3) is 0.406. The van der Waals surface area contributed by atoms with E-state index in [1.165, 1.54) is 44.6 Å². The number of para-hydroxylation sites is 2. The molecule has 38 heavy (non-hydrogen) atoms. The third-order valence-corrected chi connectivity index (χ3v) is 9.55. The minimum atomic E-state index is 0.0331. The van der Waals surface area contributed by atoms with Crippen molar-refractivity contribution in [1.82, 2.24) is 0 Å². The molecule has 0 amide bonds. The SMILES string of the molecule is Cc1cc(/C=N/c2ccccc2N(C)Cc2cc(Cl)cc(Cl)c2O)c(O)c(C23CC4CC(CC(C4)C2)C3)c1. The molecule has 0 unspecified atom stereocenters. The molecule has 4 nitrogen and oxygen atoms in total. The first-order valence-corrected chi connectivity index (χ1v) is 14.3. The molecule has 4 saturated carbocycles. The van der Waals surface area contributed by atoms with Gasteiger partial charge in [-0.15, -0.1) is 0 Å². The van der Waals surface area contributed by atoms with E-state index in [4.69, 9.17) is 28.2 Å². The van der Waals surface area contributed by atoms with Gasteiger partial charge < -0.3 is 15.1 Å². The van der Waals surface area contributed by atoms with Crippen molar-refractivity contribution in [2.45, 2.75) is 57.4 Å². The quantitative estimate of drug-likeness (QED) is 0.303. The Kier molecular flexibility index (Phi) is 6.60. The standard InChI is InChI=1S/C32H34Cl2N2O2/c1-19-7-23(30(37)26(8-19)32-14-20-9-21(15-32)11-22(10-20)16-32)17-35-28-5-3-4-6-29(28)36(2)18-24-12-25(33)13-27(34)31(24)38/h3-8,12-13,17,20-22,37-38H,9-11,14-16,18H2,1-2H3/b35-17+. The lowest BCUT2D eigenvalue weighted by molar-refractivity contribution is -0.00616. The summed E-state index contributed by atoms with van der Waals surface area (Å²) < 4.78 is 0. The van der Waals surface area contributed by atoms with Gasteiger partial charge in [0.05, 0.1) is 16.4 Å². The van der Waals surface area contributed by atoms with Crippen LogP contribution in [0.4, 0.5) is 11.4 Å². The minimum Gasteiger partial charge on any atom is -0.507 e. The third kappa shape index (κ3) is 4.67. The summed E-state index contributed by atoms with van der Waals surface area (Å²) >= 11 is 12.3. The summed E-state index contributed by atoms with van der Waals surface area (Å²) in [5.41, 5.74) is 5.50. The summed E-state index contributed by atoms with van der Waals surface area (Å²) in [5.74, 6) is 2.87. The Labute approximate surface area is 234 Å². The molecule has 3 aromatic rings. The number of aromatic hydroxyl groups is 2. The predicted molar refractivity (Wildman–Crippen MR) is 157 cm³/mol. The van der Waals surface area contributed by atoms with Gasteiger partial charge in [-0.2, -0.15) is 0 Å². The van der Waals surface area contributed by atoms with Crippen LogP contribution in [0.2, 0.25) is 10.0 Å². The van der Waals surface area contributed by atoms with Crippen molar-refractivity contribution in [1.29, 1.82) is 0 Å². The molecule has 6 heteroatoms. The van der Waals surface area contributed by atoms with E-state index in [1.54, 1.807) is 12.3 Å². The van der Waals surface area contributed by atoms with Crippen LogP contribution >= 0.6 is 23.2 Å². The molecule has 198 valence electrons. The number of aryl methyl sites for hydroxylation is 1. The zero-order valence-electron chi connectivity index (χ0n) is 21.9. The summed E-state index contributed by atoms with van der Waals surface area (Å²) in [6, 6.07) is 15.4. The second-order valence-electron chi connectivity index (χ2n) is 11.9. The highest BCUT2D eigenvalue weighted by atomic mass is 35.5. The monoisotopic (exact) mass is 548 g/mol. The zero-order valence-corrected chi connectivity index (χ0v) is 23.4. The Bertz CT molecular complexity index is 1380. The van der Waals surface area contributed by atoms with Gasteiger partial charge in [0.2, 0.25) is 0 Å². The molecule has 4 aliphatic rings. The van der Waals surface area contributed by atoms with E-state index >= 15 is 0 Å². The summed E-state index contributed by atoms with van der Waals surface area (Å²) in [6.45, 7) is 2.52. The first-order chi connectivity index (χ1) is 18.2. The predicted octanol–water partition coefficient (Wildman–Crippen LogP) is 8.57. The van der Waals surface area contributed by atoms with E-state index in [0.29, 0.717) is 22.9 Å². The van der Waals surface area contributed by atoms with Crippen molar-refractivity contribution in [3.63, 3.8) is 0 Å². The summed E-state index contributed by atoms with van der Waals surface area (Å²) in [4.78, 5) is 6.85. The first-order valence-electron chi connectivity index (χ1n) is 13.6. The van der Waals surface area contributed by atoms with Gasteiger partial charge >= 0.3 is 0 Å². The van der Waals surface area contributed by atoms with Crippen LogP contribution in [0, 0.1) is 24.7 Å². The van der Waals surface area contributed by atoms with E-state index in [0.717, 1.165) is 45.8 Å². The molecular weight excluding hydrogens is 515 g/mol. The van der Waals surface area contributed by atoms with E-state index in [1.807, 2.05) is 42.3 Å². The molecule has 4 aliphatic carbocycles. The third-order valence-electron chi connectivity index (χ3n) is 9.04. The van der Waals surface area contributed by atoms with Crippen molar-refractivity contribution in [2.24, 2.45) is 22.7 Å².